The zero-order valence-corrected chi connectivity index (χ0v) is 49.8. The van der Waals surface area contributed by atoms with Crippen molar-refractivity contribution < 1.29 is 28.6 Å². The van der Waals surface area contributed by atoms with Gasteiger partial charge in [-0.3, -0.25) is 14.4 Å². The molecule has 0 spiro atoms. The van der Waals surface area contributed by atoms with Crippen LogP contribution in [-0.2, 0) is 28.6 Å². The van der Waals surface area contributed by atoms with Crippen molar-refractivity contribution in [3.05, 3.63) is 72.9 Å². The van der Waals surface area contributed by atoms with E-state index in [1.807, 2.05) is 0 Å². The summed E-state index contributed by atoms with van der Waals surface area (Å²) < 4.78 is 16.9. The van der Waals surface area contributed by atoms with Crippen LogP contribution in [0.3, 0.4) is 0 Å². The minimum absolute atomic E-state index is 0.0759. The third kappa shape index (κ3) is 61.6. The molecule has 75 heavy (non-hydrogen) atoms. The number of allylic oxidation sites excluding steroid dienone is 12. The number of hydrogen-bond donors (Lipinski definition) is 0. The van der Waals surface area contributed by atoms with Gasteiger partial charge in [0.25, 0.3) is 0 Å². The first kappa shape index (κ1) is 71.8. The first-order valence-corrected chi connectivity index (χ1v) is 32.4. The second kappa shape index (κ2) is 63.4. The smallest absolute Gasteiger partial charge is 0.306 e. The molecule has 0 saturated heterocycles. The highest BCUT2D eigenvalue weighted by atomic mass is 16.6. The summed E-state index contributed by atoms with van der Waals surface area (Å²) in [5, 5.41) is 0. The summed E-state index contributed by atoms with van der Waals surface area (Å²) in [6, 6.07) is 0. The number of unbranched alkanes of at least 4 members (excludes halogenated alkanes) is 36. The molecular formula is C69H122O6. The van der Waals surface area contributed by atoms with Crippen molar-refractivity contribution >= 4 is 17.9 Å². The number of esters is 3. The van der Waals surface area contributed by atoms with Gasteiger partial charge in [-0.25, -0.2) is 0 Å². The van der Waals surface area contributed by atoms with Crippen molar-refractivity contribution in [3.63, 3.8) is 0 Å². The monoisotopic (exact) mass is 1050 g/mol. The van der Waals surface area contributed by atoms with E-state index in [0.717, 1.165) is 109 Å². The summed E-state index contributed by atoms with van der Waals surface area (Å²) in [6.07, 6.45) is 82.2. The van der Waals surface area contributed by atoms with Crippen molar-refractivity contribution in [2.45, 2.75) is 335 Å². The Kier molecular flexibility index (Phi) is 60.7. The van der Waals surface area contributed by atoms with Gasteiger partial charge in [0, 0.05) is 19.3 Å². The minimum Gasteiger partial charge on any atom is -0.462 e. The summed E-state index contributed by atoms with van der Waals surface area (Å²) in [7, 11) is 0. The molecule has 0 aliphatic carbocycles. The molecule has 6 heteroatoms. The van der Waals surface area contributed by atoms with E-state index in [1.165, 1.54) is 180 Å². The van der Waals surface area contributed by atoms with Gasteiger partial charge in [-0.2, -0.15) is 0 Å². The molecule has 0 radical (unpaired) electrons. The molecule has 0 aromatic rings. The molecule has 0 fully saturated rings. The number of hydrogen-bond acceptors (Lipinski definition) is 6. The maximum Gasteiger partial charge on any atom is 0.306 e. The van der Waals surface area contributed by atoms with Crippen LogP contribution in [0.25, 0.3) is 0 Å². The van der Waals surface area contributed by atoms with Gasteiger partial charge in [0.05, 0.1) is 0 Å². The lowest BCUT2D eigenvalue weighted by atomic mass is 10.0. The lowest BCUT2D eigenvalue weighted by Crippen LogP contribution is -2.30. The van der Waals surface area contributed by atoms with E-state index in [2.05, 4.69) is 93.7 Å². The van der Waals surface area contributed by atoms with Crippen molar-refractivity contribution in [3.8, 4) is 0 Å². The molecule has 0 amide bonds. The molecule has 6 nitrogen and oxygen atoms in total. The van der Waals surface area contributed by atoms with E-state index in [0.29, 0.717) is 19.3 Å². The largest absolute Gasteiger partial charge is 0.462 e. The van der Waals surface area contributed by atoms with Gasteiger partial charge in [0.1, 0.15) is 13.2 Å². The van der Waals surface area contributed by atoms with Crippen LogP contribution >= 0.6 is 0 Å². The van der Waals surface area contributed by atoms with Crippen LogP contribution in [0.1, 0.15) is 329 Å². The minimum atomic E-state index is -0.778. The fourth-order valence-electron chi connectivity index (χ4n) is 9.34. The van der Waals surface area contributed by atoms with E-state index in [9.17, 15) is 14.4 Å². The summed E-state index contributed by atoms with van der Waals surface area (Å²) in [5.74, 6) is -0.876. The first-order valence-electron chi connectivity index (χ1n) is 32.4. The maximum atomic E-state index is 12.8. The van der Waals surface area contributed by atoms with Gasteiger partial charge in [0.2, 0.25) is 0 Å². The average Bonchev–Trinajstić information content (AvgIpc) is 3.41. The van der Waals surface area contributed by atoms with Crippen LogP contribution in [0.2, 0.25) is 0 Å². The predicted molar refractivity (Wildman–Crippen MR) is 325 cm³/mol. The molecule has 0 saturated carbocycles. The third-order valence-electron chi connectivity index (χ3n) is 14.2. The topological polar surface area (TPSA) is 78.9 Å². The highest BCUT2D eigenvalue weighted by Crippen LogP contribution is 2.17. The van der Waals surface area contributed by atoms with Gasteiger partial charge in [-0.05, 0) is 83.5 Å². The Labute approximate surface area is 465 Å². The molecule has 0 aromatic carbocycles. The van der Waals surface area contributed by atoms with Gasteiger partial charge < -0.3 is 14.2 Å². The fraction of sp³-hybridized carbons (Fsp3) is 0.783. The summed E-state index contributed by atoms with van der Waals surface area (Å²) in [5.41, 5.74) is 0. The van der Waals surface area contributed by atoms with Gasteiger partial charge >= 0.3 is 17.9 Å². The van der Waals surface area contributed by atoms with Crippen LogP contribution in [0.15, 0.2) is 72.9 Å². The molecule has 0 bridgehead atoms. The number of carbonyl (C=O) groups excluding carboxylic acids is 3. The Morgan fingerprint density at radius 1 is 0.280 bits per heavy atom. The van der Waals surface area contributed by atoms with Crippen LogP contribution < -0.4 is 0 Å². The Balaban J connectivity index is 4.05. The van der Waals surface area contributed by atoms with Crippen molar-refractivity contribution in [2.24, 2.45) is 0 Å². The van der Waals surface area contributed by atoms with Gasteiger partial charge in [-0.1, -0.05) is 299 Å². The molecule has 0 aromatic heterocycles. The summed E-state index contributed by atoms with van der Waals surface area (Å²) in [6.45, 7) is 6.49. The standard InChI is InChI=1S/C69H122O6/c1-4-7-10-13-16-19-22-24-26-27-28-29-30-31-32-33-34-35-36-37-38-39-40-41-42-43-44-46-47-50-53-56-59-62-68(71)74-65-66(64-73-67(70)61-58-55-52-49-21-18-15-12-9-6-3)75-69(72)63-60-57-54-51-48-45-25-23-20-17-14-11-8-5-2/h7,10,14,16-17,19,23-26,28-29,66H,4-6,8-9,11-13,15,18,20-22,27,30-65H2,1-3H3/b10-7-,17-14-,19-16-,25-23-,26-24-,29-28-. The van der Waals surface area contributed by atoms with Crippen molar-refractivity contribution in [1.29, 1.82) is 0 Å². The van der Waals surface area contributed by atoms with Gasteiger partial charge in [-0.15, -0.1) is 0 Å². The summed E-state index contributed by atoms with van der Waals surface area (Å²) >= 11 is 0. The fourth-order valence-corrected chi connectivity index (χ4v) is 9.34. The van der Waals surface area contributed by atoms with Gasteiger partial charge in [0.15, 0.2) is 6.10 Å². The van der Waals surface area contributed by atoms with Crippen LogP contribution in [0, 0.1) is 0 Å². The van der Waals surface area contributed by atoms with E-state index in [4.69, 9.17) is 14.2 Å². The molecule has 434 valence electrons. The second-order valence-electron chi connectivity index (χ2n) is 21.6. The Hall–Kier alpha value is -3.15. The first-order chi connectivity index (χ1) is 37.0. The van der Waals surface area contributed by atoms with Crippen LogP contribution in [0.5, 0.6) is 0 Å². The van der Waals surface area contributed by atoms with Crippen LogP contribution in [0.4, 0.5) is 0 Å². The van der Waals surface area contributed by atoms with E-state index < -0.39 is 6.10 Å². The Morgan fingerprint density at radius 2 is 0.533 bits per heavy atom. The number of carbonyl (C=O) groups is 3. The van der Waals surface area contributed by atoms with E-state index in [1.54, 1.807) is 0 Å². The molecule has 0 heterocycles. The zero-order valence-electron chi connectivity index (χ0n) is 49.8. The van der Waals surface area contributed by atoms with Crippen molar-refractivity contribution in [2.75, 3.05) is 13.2 Å². The third-order valence-corrected chi connectivity index (χ3v) is 14.2. The lowest BCUT2D eigenvalue weighted by molar-refractivity contribution is -0.167. The lowest BCUT2D eigenvalue weighted by Gasteiger charge is -2.18. The SMILES string of the molecule is CC/C=C\C/C=C\C/C=C\C/C=C\CCCCCCCCCCCCCCCCCCCCCCC(=O)OCC(COC(=O)CCCCCCCCCCCC)OC(=O)CCCCCCC/C=C\C/C=C\CCCC. The molecule has 1 unspecified atom stereocenters. The average molecular weight is 1050 g/mol. The molecular weight excluding hydrogens is 925 g/mol. The zero-order chi connectivity index (χ0) is 54.3. The quantitative estimate of drug-likeness (QED) is 0.0261. The summed E-state index contributed by atoms with van der Waals surface area (Å²) in [4.78, 5) is 38.1. The van der Waals surface area contributed by atoms with Crippen molar-refractivity contribution in [1.82, 2.24) is 0 Å². The molecule has 1 atom stereocenters. The maximum absolute atomic E-state index is 12.8. The molecule has 0 N–H and O–H groups in total. The molecule has 0 aliphatic rings. The normalized spacial score (nSPS) is 12.5. The molecule has 0 rings (SSSR count). The van der Waals surface area contributed by atoms with E-state index in [-0.39, 0.29) is 31.1 Å². The number of ether oxygens (including phenoxy) is 3. The highest BCUT2D eigenvalue weighted by molar-refractivity contribution is 5.71. The number of rotatable bonds is 59. The van der Waals surface area contributed by atoms with E-state index >= 15 is 0 Å². The second-order valence-corrected chi connectivity index (χ2v) is 21.6. The Morgan fingerprint density at radius 3 is 0.853 bits per heavy atom. The Bertz CT molecular complexity index is 1390. The van der Waals surface area contributed by atoms with Crippen LogP contribution in [-0.4, -0.2) is 37.2 Å². The molecule has 0 aliphatic heterocycles. The predicted octanol–water partition coefficient (Wildman–Crippen LogP) is 22.1. The highest BCUT2D eigenvalue weighted by Gasteiger charge is 2.19.